The average molecular weight is 706 g/mol. The number of hydrogen-bond acceptors (Lipinski definition) is 8. The number of ether oxygens (including phenoxy) is 3. The van der Waals surface area contributed by atoms with Gasteiger partial charge in [0.25, 0.3) is 0 Å². The third-order valence-corrected chi connectivity index (χ3v) is 10.4. The van der Waals surface area contributed by atoms with Gasteiger partial charge in [-0.2, -0.15) is 0 Å². The maximum absolute atomic E-state index is 14.8. The van der Waals surface area contributed by atoms with Crippen LogP contribution in [0.25, 0.3) is 0 Å². The summed E-state index contributed by atoms with van der Waals surface area (Å²) in [5, 5.41) is 6.01. The highest BCUT2D eigenvalue weighted by Gasteiger charge is 2.49. The Kier molecular flexibility index (Phi) is 11.6. The fourth-order valence-corrected chi connectivity index (χ4v) is 7.51. The van der Waals surface area contributed by atoms with Crippen LogP contribution in [0.2, 0.25) is 0 Å². The lowest BCUT2D eigenvalue weighted by Crippen LogP contribution is -2.66. The van der Waals surface area contributed by atoms with E-state index < -0.39 is 66.3 Å². The lowest BCUT2D eigenvalue weighted by Gasteiger charge is -2.45. The molecule has 5 rings (SSSR count). The van der Waals surface area contributed by atoms with Crippen molar-refractivity contribution in [3.05, 3.63) is 29.8 Å². The number of nitrogens with one attached hydrogen (secondary N) is 2. The van der Waals surface area contributed by atoms with Crippen molar-refractivity contribution in [2.75, 3.05) is 39.9 Å². The first kappa shape index (κ1) is 37.7. The van der Waals surface area contributed by atoms with Crippen LogP contribution >= 0.6 is 0 Å². The first-order valence-corrected chi connectivity index (χ1v) is 17.9. The Bertz CT molecular complexity index is 1400. The molecule has 4 aliphatic rings. The lowest BCUT2D eigenvalue weighted by molar-refractivity contribution is -0.150. The predicted molar refractivity (Wildman–Crippen MR) is 181 cm³/mol. The molecule has 1 saturated carbocycles. The first-order valence-electron chi connectivity index (χ1n) is 17.9. The molecule has 1 aliphatic carbocycles. The van der Waals surface area contributed by atoms with Gasteiger partial charge in [0, 0.05) is 64.2 Å². The smallest absolute Gasteiger partial charge is 0.410 e. The number of amides is 4. The molecule has 0 aromatic heterocycles. The number of rotatable bonds is 9. The molecule has 0 bridgehead atoms. The van der Waals surface area contributed by atoms with E-state index >= 15 is 0 Å². The van der Waals surface area contributed by atoms with Crippen molar-refractivity contribution in [1.82, 2.24) is 25.3 Å². The van der Waals surface area contributed by atoms with E-state index in [2.05, 4.69) is 15.5 Å². The van der Waals surface area contributed by atoms with E-state index in [0.717, 1.165) is 10.5 Å². The van der Waals surface area contributed by atoms with Crippen molar-refractivity contribution >= 4 is 23.8 Å². The van der Waals surface area contributed by atoms with Gasteiger partial charge in [0.15, 0.2) is 0 Å². The lowest BCUT2D eigenvalue weighted by atomic mass is 9.81. The fraction of sp³-hybridized carbons (Fsp3) is 0.722. The number of benzene rings is 1. The maximum atomic E-state index is 14.8. The minimum absolute atomic E-state index is 0.0193. The van der Waals surface area contributed by atoms with Crippen molar-refractivity contribution < 1.29 is 42.2 Å². The number of carbonyl (C=O) groups excluding carboxylic acids is 4. The molecule has 6 atom stereocenters. The number of piperazine rings is 1. The number of alkyl halides is 2. The number of hydrogen-bond donors (Lipinski definition) is 2. The zero-order valence-electron chi connectivity index (χ0n) is 30.1. The first-order chi connectivity index (χ1) is 23.6. The summed E-state index contributed by atoms with van der Waals surface area (Å²) in [6.45, 7) is 10.6. The van der Waals surface area contributed by atoms with Crippen molar-refractivity contribution in [3.8, 4) is 5.75 Å². The summed E-state index contributed by atoms with van der Waals surface area (Å²) >= 11 is 0. The van der Waals surface area contributed by atoms with Crippen molar-refractivity contribution in [3.63, 3.8) is 0 Å². The molecule has 0 unspecified atom stereocenters. The van der Waals surface area contributed by atoms with Crippen LogP contribution < -0.4 is 15.4 Å². The molecule has 0 radical (unpaired) electrons. The summed E-state index contributed by atoms with van der Waals surface area (Å²) in [6, 6.07) is 4.01. The van der Waals surface area contributed by atoms with Crippen LogP contribution in [0, 0.1) is 5.92 Å². The van der Waals surface area contributed by atoms with Crippen molar-refractivity contribution in [2.45, 2.75) is 121 Å². The molecule has 1 aromatic carbocycles. The van der Waals surface area contributed by atoms with Crippen LogP contribution in [0.3, 0.4) is 0 Å². The number of halogens is 2. The standard InChI is InChI=1S/C36H53F2N5O7/c1-7-48-25-18-24-19-43(28(21-42(24)20-25)32(45)39-27-14-17-49-29-11-9-8-10-26(27)29)33(46)30(23-12-15-36(37,38)16-13-23)40-31(44)22(2)41(6)34(47)50-35(3,4)5/h8-11,22-25,27-28,30H,7,12-21H2,1-6H3,(H,39,45)(H,40,44)/t22-,24-,25+,27+,28-,30-/m0/s1. The normalized spacial score (nSPS) is 26.4. The molecule has 2 saturated heterocycles. The van der Waals surface area contributed by atoms with E-state index in [4.69, 9.17) is 14.2 Å². The maximum Gasteiger partial charge on any atom is 0.410 e. The summed E-state index contributed by atoms with van der Waals surface area (Å²) in [6.07, 6.45) is -0.325. The molecule has 4 amide bonds. The highest BCUT2D eigenvalue weighted by molar-refractivity contribution is 5.94. The van der Waals surface area contributed by atoms with Gasteiger partial charge in [0.05, 0.1) is 18.8 Å². The van der Waals surface area contributed by atoms with Gasteiger partial charge < -0.3 is 29.7 Å². The highest BCUT2D eigenvalue weighted by atomic mass is 19.3. The zero-order chi connectivity index (χ0) is 36.4. The van der Waals surface area contributed by atoms with Crippen LogP contribution in [0.15, 0.2) is 24.3 Å². The number of para-hydroxylation sites is 1. The highest BCUT2D eigenvalue weighted by Crippen LogP contribution is 2.39. The van der Waals surface area contributed by atoms with Gasteiger partial charge in [-0.05, 0) is 65.9 Å². The summed E-state index contributed by atoms with van der Waals surface area (Å²) < 4.78 is 45.8. The SMILES string of the molecule is CCO[C@@H]1C[C@H]2CN(C(=O)[C@@H](NC(=O)[C@H](C)N(C)C(=O)OC(C)(C)C)C3CCC(F)(F)CC3)[C@H](C(=O)N[C@@H]3CCOc4ccccc43)CN2C1. The Morgan fingerprint density at radius 1 is 1.08 bits per heavy atom. The predicted octanol–water partition coefficient (Wildman–Crippen LogP) is 3.88. The minimum Gasteiger partial charge on any atom is -0.493 e. The summed E-state index contributed by atoms with van der Waals surface area (Å²) in [4.78, 5) is 60.4. The molecular formula is C36H53F2N5O7. The molecule has 3 heterocycles. The molecular weight excluding hydrogens is 652 g/mol. The zero-order valence-corrected chi connectivity index (χ0v) is 30.1. The number of likely N-dealkylation sites (N-methyl/N-ethyl adjacent to an activating group) is 1. The van der Waals surface area contributed by atoms with Gasteiger partial charge in [-0.15, -0.1) is 0 Å². The molecule has 2 N–H and O–H groups in total. The minimum atomic E-state index is -2.86. The van der Waals surface area contributed by atoms with Crippen LogP contribution in [0.5, 0.6) is 5.75 Å². The van der Waals surface area contributed by atoms with Crippen molar-refractivity contribution in [2.24, 2.45) is 5.92 Å². The third kappa shape index (κ3) is 8.85. The number of carbonyl (C=O) groups is 4. The Morgan fingerprint density at radius 3 is 2.46 bits per heavy atom. The second kappa shape index (κ2) is 15.4. The number of nitrogens with zero attached hydrogens (tertiary/aromatic N) is 3. The van der Waals surface area contributed by atoms with Gasteiger partial charge in [-0.3, -0.25) is 24.2 Å². The largest absolute Gasteiger partial charge is 0.493 e. The fourth-order valence-electron chi connectivity index (χ4n) is 7.51. The average Bonchev–Trinajstić information content (AvgIpc) is 3.46. The van der Waals surface area contributed by atoms with E-state index in [1.807, 2.05) is 31.2 Å². The molecule has 278 valence electrons. The Hall–Kier alpha value is -3.52. The van der Waals surface area contributed by atoms with Gasteiger partial charge in [-0.1, -0.05) is 18.2 Å². The molecule has 3 aliphatic heterocycles. The summed E-state index contributed by atoms with van der Waals surface area (Å²) in [7, 11) is 1.43. The molecule has 50 heavy (non-hydrogen) atoms. The van der Waals surface area contributed by atoms with Crippen LogP contribution in [0.4, 0.5) is 13.6 Å². The van der Waals surface area contributed by atoms with Crippen LogP contribution in [0.1, 0.15) is 84.7 Å². The van der Waals surface area contributed by atoms with E-state index in [9.17, 15) is 28.0 Å². The second-order valence-corrected chi connectivity index (χ2v) is 15.1. The Morgan fingerprint density at radius 2 is 1.78 bits per heavy atom. The molecule has 12 nitrogen and oxygen atoms in total. The second-order valence-electron chi connectivity index (χ2n) is 15.1. The van der Waals surface area contributed by atoms with Gasteiger partial charge in [-0.25, -0.2) is 13.6 Å². The van der Waals surface area contributed by atoms with Crippen LogP contribution in [-0.2, 0) is 23.9 Å². The van der Waals surface area contributed by atoms with E-state index in [1.54, 1.807) is 20.8 Å². The quantitative estimate of drug-likeness (QED) is 0.396. The van der Waals surface area contributed by atoms with Gasteiger partial charge in [0.2, 0.25) is 23.6 Å². The van der Waals surface area contributed by atoms with Crippen molar-refractivity contribution in [1.29, 1.82) is 0 Å². The summed E-state index contributed by atoms with van der Waals surface area (Å²) in [5.74, 6) is -4.20. The van der Waals surface area contributed by atoms with Gasteiger partial charge in [0.1, 0.15) is 29.5 Å². The molecule has 1 aromatic rings. The topological polar surface area (TPSA) is 130 Å². The molecule has 0 spiro atoms. The molecule has 3 fully saturated rings. The number of fused-ring (bicyclic) bond motifs is 2. The Labute approximate surface area is 293 Å². The van der Waals surface area contributed by atoms with E-state index in [-0.39, 0.29) is 50.0 Å². The van der Waals surface area contributed by atoms with Gasteiger partial charge >= 0.3 is 6.09 Å². The Balaban J connectivity index is 1.41. The molecule has 14 heteroatoms. The monoisotopic (exact) mass is 705 g/mol. The van der Waals surface area contributed by atoms with E-state index in [1.165, 1.54) is 18.9 Å². The van der Waals surface area contributed by atoms with Crippen LogP contribution in [-0.4, -0.2) is 120 Å². The summed E-state index contributed by atoms with van der Waals surface area (Å²) in [5.41, 5.74) is 0.0619. The third-order valence-electron chi connectivity index (χ3n) is 10.4. The van der Waals surface area contributed by atoms with E-state index in [0.29, 0.717) is 38.3 Å².